The first kappa shape index (κ1) is 9.94. The van der Waals surface area contributed by atoms with Gasteiger partial charge in [-0.2, -0.15) is 0 Å². The van der Waals surface area contributed by atoms with Crippen molar-refractivity contribution in [3.05, 3.63) is 12.3 Å². The molecule has 0 atom stereocenters. The number of urea groups is 1. The molecule has 4 N–H and O–H groups in total. The van der Waals surface area contributed by atoms with Gasteiger partial charge in [-0.25, -0.2) is 4.79 Å². The maximum absolute atomic E-state index is 9.33. The Morgan fingerprint density at radius 1 is 1.62 bits per heavy atom. The molecule has 0 spiro atoms. The first-order valence-electron chi connectivity index (χ1n) is 1.84. The summed E-state index contributed by atoms with van der Waals surface area (Å²) in [5, 5.41) is 9.33. The molecule has 0 bridgehead atoms. The quantitative estimate of drug-likeness (QED) is 0.394. The van der Waals surface area contributed by atoms with Gasteiger partial charge in [0.2, 0.25) is 0 Å². The van der Waals surface area contributed by atoms with Crippen molar-refractivity contribution in [2.75, 3.05) is 0 Å². The van der Waals surface area contributed by atoms with Crippen LogP contribution in [0.5, 0.6) is 0 Å². The molecule has 0 fully saturated rings. The highest BCUT2D eigenvalue weighted by atomic mass is 16.3. The Labute approximate surface area is 47.8 Å². The van der Waals surface area contributed by atoms with Crippen LogP contribution in [-0.2, 0) is 0 Å². The van der Waals surface area contributed by atoms with Gasteiger partial charge >= 0.3 is 6.03 Å². The smallest absolute Gasteiger partial charge is 0.309 e. The van der Waals surface area contributed by atoms with Gasteiger partial charge in [0, 0.05) is 0 Å². The van der Waals surface area contributed by atoms with Gasteiger partial charge < -0.3 is 16.6 Å². The average molecular weight is 117 g/mol. The van der Waals surface area contributed by atoms with Gasteiger partial charge in [-0.1, -0.05) is 6.92 Å². The third-order valence-electron chi connectivity index (χ3n) is 0. The Morgan fingerprint density at radius 3 is 1.62 bits per heavy atom. The maximum atomic E-state index is 9.33. The number of primary amides is 2. The van der Waals surface area contributed by atoms with Crippen molar-refractivity contribution >= 4 is 6.03 Å². The van der Waals surface area contributed by atoms with E-state index in [0.717, 1.165) is 0 Å². The number of amides is 2. The summed E-state index contributed by atoms with van der Waals surface area (Å²) in [7, 11) is 0. The molecule has 0 aromatic heterocycles. The van der Waals surface area contributed by atoms with Crippen LogP contribution in [0.15, 0.2) is 12.3 Å². The van der Waals surface area contributed by atoms with Crippen LogP contribution in [0.2, 0.25) is 0 Å². The lowest BCUT2D eigenvalue weighted by molar-refractivity contribution is -0.300. The molecule has 48 valence electrons. The number of allylic oxidation sites excluding steroid dienone is 1. The molecule has 0 aliphatic heterocycles. The first-order chi connectivity index (χ1) is 3.46. The van der Waals surface area contributed by atoms with Crippen molar-refractivity contribution in [2.45, 2.75) is 6.92 Å². The van der Waals surface area contributed by atoms with Gasteiger partial charge in [-0.15, -0.1) is 12.3 Å². The minimum Gasteiger partial charge on any atom is -0.876 e. The van der Waals surface area contributed by atoms with E-state index in [1.54, 1.807) is 0 Å². The van der Waals surface area contributed by atoms with Gasteiger partial charge in [0.25, 0.3) is 0 Å². The fourth-order valence-electron chi connectivity index (χ4n) is 0. The molecule has 0 aliphatic rings. The Bertz CT molecular complexity index is 70.0. The molecular formula is C4H9N2O2-. The van der Waals surface area contributed by atoms with E-state index < -0.39 is 6.03 Å². The van der Waals surface area contributed by atoms with E-state index in [-0.39, 0.29) is 5.76 Å². The zero-order valence-electron chi connectivity index (χ0n) is 4.68. The summed E-state index contributed by atoms with van der Waals surface area (Å²) in [5.41, 5.74) is 8.50. The summed E-state index contributed by atoms with van der Waals surface area (Å²) < 4.78 is 0. The van der Waals surface area contributed by atoms with Crippen LogP contribution in [0.25, 0.3) is 0 Å². The minimum absolute atomic E-state index is 0.0833. The second-order valence-corrected chi connectivity index (χ2v) is 1.10. The van der Waals surface area contributed by atoms with E-state index in [4.69, 9.17) is 4.79 Å². The van der Waals surface area contributed by atoms with Crippen LogP contribution in [0.1, 0.15) is 6.92 Å². The van der Waals surface area contributed by atoms with Crippen LogP contribution >= 0.6 is 0 Å². The van der Waals surface area contributed by atoms with Crippen LogP contribution in [-0.4, -0.2) is 6.03 Å². The molecule has 0 aliphatic carbocycles. The van der Waals surface area contributed by atoms with Gasteiger partial charge in [-0.05, 0) is 0 Å². The number of hydrogen-bond donors (Lipinski definition) is 2. The molecule has 0 aromatic rings. The molecule has 0 saturated heterocycles. The summed E-state index contributed by atoms with van der Waals surface area (Å²) in [6.45, 7) is 4.42. The van der Waals surface area contributed by atoms with E-state index in [1.165, 1.54) is 6.92 Å². The highest BCUT2D eigenvalue weighted by molar-refractivity contribution is 5.69. The minimum atomic E-state index is -0.833. The molecule has 2 amide bonds. The lowest BCUT2D eigenvalue weighted by Gasteiger charge is -1.92. The highest BCUT2D eigenvalue weighted by Gasteiger charge is 1.60. The molecule has 8 heavy (non-hydrogen) atoms. The molecule has 0 saturated carbocycles. The third-order valence-corrected chi connectivity index (χ3v) is 0. The number of nitrogens with two attached hydrogens (primary N) is 2. The summed E-state index contributed by atoms with van der Waals surface area (Å²) in [5.74, 6) is -0.0833. The zero-order chi connectivity index (χ0) is 7.15. The molecule has 0 radical (unpaired) electrons. The fourth-order valence-corrected chi connectivity index (χ4v) is 0. The molecule has 4 nitrogen and oxygen atoms in total. The van der Waals surface area contributed by atoms with Gasteiger partial charge in [0.05, 0.1) is 0 Å². The second kappa shape index (κ2) is 5.81. The average Bonchev–Trinajstić information content (AvgIpc) is 1.25. The highest BCUT2D eigenvalue weighted by Crippen LogP contribution is 1.57. The standard InChI is InChI=1S/C3H6O.CH4N2O/c1-3(2)4;2-1(3)4/h4H,1H2,2H3;(H4,2,3,4)/p-1. The van der Waals surface area contributed by atoms with Crippen molar-refractivity contribution < 1.29 is 9.90 Å². The van der Waals surface area contributed by atoms with E-state index in [1.807, 2.05) is 0 Å². The lowest BCUT2D eigenvalue weighted by Crippen LogP contribution is -2.18. The van der Waals surface area contributed by atoms with E-state index in [0.29, 0.717) is 0 Å². The number of carbonyl (C=O) groups is 1. The fraction of sp³-hybridized carbons (Fsp3) is 0.250. The summed E-state index contributed by atoms with van der Waals surface area (Å²) in [4.78, 5) is 9.00. The van der Waals surface area contributed by atoms with Gasteiger partial charge in [0.1, 0.15) is 0 Å². The predicted octanol–water partition coefficient (Wildman–Crippen LogP) is -1.10. The van der Waals surface area contributed by atoms with Crippen molar-refractivity contribution in [3.63, 3.8) is 0 Å². The van der Waals surface area contributed by atoms with Crippen molar-refractivity contribution in [3.8, 4) is 0 Å². The van der Waals surface area contributed by atoms with Gasteiger partial charge in [0.15, 0.2) is 0 Å². The van der Waals surface area contributed by atoms with Crippen molar-refractivity contribution in [1.82, 2.24) is 0 Å². The Kier molecular flexibility index (Phi) is 7.22. The van der Waals surface area contributed by atoms with E-state index in [9.17, 15) is 5.11 Å². The molecule has 0 unspecified atom stereocenters. The lowest BCUT2D eigenvalue weighted by atomic mass is 10.7. The predicted molar refractivity (Wildman–Crippen MR) is 28.6 cm³/mol. The Balaban J connectivity index is 0. The number of rotatable bonds is 0. The summed E-state index contributed by atoms with van der Waals surface area (Å²) in [6, 6.07) is -0.833. The van der Waals surface area contributed by atoms with Crippen molar-refractivity contribution in [2.24, 2.45) is 11.5 Å². The first-order valence-corrected chi connectivity index (χ1v) is 1.84. The topological polar surface area (TPSA) is 92.2 Å². The van der Waals surface area contributed by atoms with Crippen LogP contribution < -0.4 is 16.6 Å². The summed E-state index contributed by atoms with van der Waals surface area (Å²) in [6.07, 6.45) is 0. The molecule has 0 heterocycles. The molecule has 0 rings (SSSR count). The van der Waals surface area contributed by atoms with E-state index >= 15 is 0 Å². The monoisotopic (exact) mass is 117 g/mol. The molecule has 4 heteroatoms. The van der Waals surface area contributed by atoms with Gasteiger partial charge in [-0.3, -0.25) is 0 Å². The van der Waals surface area contributed by atoms with E-state index in [2.05, 4.69) is 18.0 Å². The number of carbonyl (C=O) groups excluding carboxylic acids is 1. The normalized spacial score (nSPS) is 6.12. The maximum Gasteiger partial charge on any atom is 0.309 e. The largest absolute Gasteiger partial charge is 0.876 e. The third kappa shape index (κ3) is 49.3. The second-order valence-electron chi connectivity index (χ2n) is 1.10. The van der Waals surface area contributed by atoms with Crippen LogP contribution in [0.4, 0.5) is 4.79 Å². The van der Waals surface area contributed by atoms with Crippen molar-refractivity contribution in [1.29, 1.82) is 0 Å². The Hall–Kier alpha value is -1.19. The SMILES string of the molecule is C=C(C)[O-].NC(N)=O. The van der Waals surface area contributed by atoms with Crippen LogP contribution in [0, 0.1) is 0 Å². The molecular weight excluding hydrogens is 108 g/mol. The number of hydrogen-bond acceptors (Lipinski definition) is 2. The Morgan fingerprint density at radius 2 is 1.62 bits per heavy atom. The van der Waals surface area contributed by atoms with Crippen LogP contribution in [0.3, 0.4) is 0 Å². The summed E-state index contributed by atoms with van der Waals surface area (Å²) >= 11 is 0. The zero-order valence-corrected chi connectivity index (χ0v) is 4.68. The molecule has 0 aromatic carbocycles.